The molecule has 0 heterocycles. The summed E-state index contributed by atoms with van der Waals surface area (Å²) >= 11 is 0. The van der Waals surface area contributed by atoms with Gasteiger partial charge in [0.2, 0.25) is 0 Å². The van der Waals surface area contributed by atoms with Crippen molar-refractivity contribution in [2.45, 2.75) is 46.7 Å². The normalized spacial score (nSPS) is 11.1. The molecule has 0 aliphatic rings. The minimum Gasteiger partial charge on any atom is -0.396 e. The average Bonchev–Trinajstić information content (AvgIpc) is 2.38. The number of anilines is 1. The van der Waals surface area contributed by atoms with Gasteiger partial charge in [-0.15, -0.1) is 0 Å². The van der Waals surface area contributed by atoms with Gasteiger partial charge in [-0.25, -0.2) is 0 Å². The number of rotatable bonds is 8. The predicted octanol–water partition coefficient (Wildman–Crippen LogP) is 2.70. The van der Waals surface area contributed by atoms with Crippen molar-refractivity contribution >= 4 is 5.69 Å². The number of aliphatic hydroxyl groups is 1. The lowest BCUT2D eigenvalue weighted by Gasteiger charge is -2.29. The molecule has 0 aliphatic heterocycles. The Bertz CT molecular complexity index is 377. The molecule has 0 aliphatic carbocycles. The van der Waals surface area contributed by atoms with Crippen molar-refractivity contribution in [2.75, 3.05) is 24.6 Å². The molecule has 0 spiro atoms. The number of benzene rings is 1. The van der Waals surface area contributed by atoms with E-state index in [0.717, 1.165) is 26.1 Å². The van der Waals surface area contributed by atoms with Crippen LogP contribution in [0.4, 0.5) is 5.69 Å². The molecule has 3 heteroatoms. The largest absolute Gasteiger partial charge is 0.396 e. The standard InChI is InChI=1S/C16H28N2O/c1-5-17-12-15-7-8-16(11-14(15)4)18(13(2)3)9-6-10-19/h7-8,11,13,17,19H,5-6,9-10,12H2,1-4H3. The van der Waals surface area contributed by atoms with E-state index in [2.05, 4.69) is 56.1 Å². The number of aliphatic hydroxyl groups excluding tert-OH is 1. The molecule has 1 aromatic rings. The van der Waals surface area contributed by atoms with Gasteiger partial charge in [0.05, 0.1) is 0 Å². The maximum absolute atomic E-state index is 9.00. The first-order valence-electron chi connectivity index (χ1n) is 7.27. The van der Waals surface area contributed by atoms with Crippen molar-refractivity contribution in [3.63, 3.8) is 0 Å². The topological polar surface area (TPSA) is 35.5 Å². The second-order valence-corrected chi connectivity index (χ2v) is 5.26. The van der Waals surface area contributed by atoms with E-state index in [4.69, 9.17) is 5.11 Å². The first-order valence-corrected chi connectivity index (χ1v) is 7.27. The maximum Gasteiger partial charge on any atom is 0.0447 e. The highest BCUT2D eigenvalue weighted by Gasteiger charge is 2.11. The van der Waals surface area contributed by atoms with Gasteiger partial charge < -0.3 is 15.3 Å². The lowest BCUT2D eigenvalue weighted by atomic mass is 10.1. The summed E-state index contributed by atoms with van der Waals surface area (Å²) in [6.45, 7) is 11.8. The lowest BCUT2D eigenvalue weighted by molar-refractivity contribution is 0.288. The molecule has 0 unspecified atom stereocenters. The number of hydrogen-bond donors (Lipinski definition) is 2. The van der Waals surface area contributed by atoms with Crippen LogP contribution in [0.3, 0.4) is 0 Å². The van der Waals surface area contributed by atoms with Crippen LogP contribution < -0.4 is 10.2 Å². The van der Waals surface area contributed by atoms with Crippen LogP contribution in [0.15, 0.2) is 18.2 Å². The molecule has 1 aromatic carbocycles. The Balaban J connectivity index is 2.83. The molecular formula is C16H28N2O. The van der Waals surface area contributed by atoms with Gasteiger partial charge in [-0.3, -0.25) is 0 Å². The van der Waals surface area contributed by atoms with Crippen molar-refractivity contribution in [1.82, 2.24) is 5.32 Å². The minimum absolute atomic E-state index is 0.251. The summed E-state index contributed by atoms with van der Waals surface area (Å²) in [5, 5.41) is 12.4. The average molecular weight is 264 g/mol. The lowest BCUT2D eigenvalue weighted by Crippen LogP contribution is -2.32. The Labute approximate surface area is 117 Å². The Morgan fingerprint density at radius 2 is 2.05 bits per heavy atom. The van der Waals surface area contributed by atoms with Crippen molar-refractivity contribution in [1.29, 1.82) is 0 Å². The van der Waals surface area contributed by atoms with Crippen LogP contribution in [-0.2, 0) is 6.54 Å². The van der Waals surface area contributed by atoms with E-state index in [0.29, 0.717) is 6.04 Å². The molecule has 0 radical (unpaired) electrons. The summed E-state index contributed by atoms with van der Waals surface area (Å²) in [4.78, 5) is 2.35. The molecule has 3 nitrogen and oxygen atoms in total. The van der Waals surface area contributed by atoms with Crippen molar-refractivity contribution in [3.8, 4) is 0 Å². The van der Waals surface area contributed by atoms with Gasteiger partial charge in [0, 0.05) is 31.4 Å². The highest BCUT2D eigenvalue weighted by molar-refractivity contribution is 5.51. The zero-order valence-corrected chi connectivity index (χ0v) is 12.7. The van der Waals surface area contributed by atoms with E-state index in [-0.39, 0.29) is 6.61 Å². The number of hydrogen-bond acceptors (Lipinski definition) is 3. The summed E-state index contributed by atoms with van der Waals surface area (Å²) in [5.41, 5.74) is 3.94. The summed E-state index contributed by atoms with van der Waals surface area (Å²) in [5.74, 6) is 0. The number of aryl methyl sites for hydroxylation is 1. The third kappa shape index (κ3) is 4.84. The first-order chi connectivity index (χ1) is 9.10. The van der Waals surface area contributed by atoms with Gasteiger partial charge in [0.15, 0.2) is 0 Å². The van der Waals surface area contributed by atoms with Crippen molar-refractivity contribution in [3.05, 3.63) is 29.3 Å². The molecule has 0 fully saturated rings. The monoisotopic (exact) mass is 264 g/mol. The second-order valence-electron chi connectivity index (χ2n) is 5.26. The molecule has 0 bridgehead atoms. The Hall–Kier alpha value is -1.06. The zero-order valence-electron chi connectivity index (χ0n) is 12.7. The van der Waals surface area contributed by atoms with Crippen LogP contribution in [0.1, 0.15) is 38.3 Å². The molecule has 2 N–H and O–H groups in total. The highest BCUT2D eigenvalue weighted by atomic mass is 16.3. The quantitative estimate of drug-likeness (QED) is 0.758. The molecule has 0 atom stereocenters. The highest BCUT2D eigenvalue weighted by Crippen LogP contribution is 2.21. The van der Waals surface area contributed by atoms with Gasteiger partial charge >= 0.3 is 0 Å². The van der Waals surface area contributed by atoms with Gasteiger partial charge in [0.25, 0.3) is 0 Å². The Kier molecular flexibility index (Phi) is 6.89. The van der Waals surface area contributed by atoms with E-state index >= 15 is 0 Å². The van der Waals surface area contributed by atoms with Crippen molar-refractivity contribution in [2.24, 2.45) is 0 Å². The van der Waals surface area contributed by atoms with Crippen LogP contribution in [0, 0.1) is 6.92 Å². The fourth-order valence-electron chi connectivity index (χ4n) is 2.24. The maximum atomic E-state index is 9.00. The molecule has 108 valence electrons. The van der Waals surface area contributed by atoms with E-state index in [9.17, 15) is 0 Å². The van der Waals surface area contributed by atoms with E-state index in [1.54, 1.807) is 0 Å². The predicted molar refractivity (Wildman–Crippen MR) is 82.7 cm³/mol. The molecule has 1 rings (SSSR count). The summed E-state index contributed by atoms with van der Waals surface area (Å²) in [6.07, 6.45) is 0.816. The molecular weight excluding hydrogens is 236 g/mol. The molecule has 0 aromatic heterocycles. The third-order valence-corrected chi connectivity index (χ3v) is 3.40. The van der Waals surface area contributed by atoms with Crippen molar-refractivity contribution < 1.29 is 5.11 Å². The van der Waals surface area contributed by atoms with Gasteiger partial charge in [-0.2, -0.15) is 0 Å². The number of nitrogens with zero attached hydrogens (tertiary/aromatic N) is 1. The summed E-state index contributed by atoms with van der Waals surface area (Å²) < 4.78 is 0. The molecule has 0 saturated heterocycles. The van der Waals surface area contributed by atoms with Gasteiger partial charge in [0.1, 0.15) is 0 Å². The fraction of sp³-hybridized carbons (Fsp3) is 0.625. The number of nitrogens with one attached hydrogen (secondary N) is 1. The summed E-state index contributed by atoms with van der Waals surface area (Å²) in [6, 6.07) is 7.11. The first kappa shape index (κ1) is 16.0. The van der Waals surface area contributed by atoms with Gasteiger partial charge in [-0.05, 0) is 57.0 Å². The summed E-state index contributed by atoms with van der Waals surface area (Å²) in [7, 11) is 0. The zero-order chi connectivity index (χ0) is 14.3. The Morgan fingerprint density at radius 3 is 2.58 bits per heavy atom. The van der Waals surface area contributed by atoms with Crippen LogP contribution in [0.5, 0.6) is 0 Å². The minimum atomic E-state index is 0.251. The van der Waals surface area contributed by atoms with Crippen LogP contribution >= 0.6 is 0 Å². The molecule has 19 heavy (non-hydrogen) atoms. The second kappa shape index (κ2) is 8.18. The van der Waals surface area contributed by atoms with Crippen LogP contribution in [-0.4, -0.2) is 30.8 Å². The SMILES string of the molecule is CCNCc1ccc(N(CCCO)C(C)C)cc1C. The Morgan fingerprint density at radius 1 is 1.32 bits per heavy atom. The third-order valence-electron chi connectivity index (χ3n) is 3.40. The molecule has 0 amide bonds. The molecule has 0 saturated carbocycles. The fourth-order valence-corrected chi connectivity index (χ4v) is 2.24. The van der Waals surface area contributed by atoms with E-state index in [1.165, 1.54) is 16.8 Å². The van der Waals surface area contributed by atoms with E-state index in [1.807, 2.05) is 0 Å². The van der Waals surface area contributed by atoms with E-state index < -0.39 is 0 Å². The smallest absolute Gasteiger partial charge is 0.0447 e. The van der Waals surface area contributed by atoms with Crippen LogP contribution in [0.2, 0.25) is 0 Å². The van der Waals surface area contributed by atoms with Gasteiger partial charge in [-0.1, -0.05) is 13.0 Å². The van der Waals surface area contributed by atoms with Crippen LogP contribution in [0.25, 0.3) is 0 Å².